The highest BCUT2D eigenvalue weighted by atomic mass is 32.2. The van der Waals surface area contributed by atoms with Crippen LogP contribution in [0.5, 0.6) is 11.6 Å². The highest BCUT2D eigenvalue weighted by Gasteiger charge is 2.38. The van der Waals surface area contributed by atoms with Gasteiger partial charge in [-0.05, 0) is 37.0 Å². The SMILES string of the molecule is O=C1CN(c2c(O)ccc(-c3ccc(OCC4CC4)nc3)c2F)S(=O)(=O)N1. The maximum Gasteiger partial charge on any atom is 0.326 e. The van der Waals surface area contributed by atoms with E-state index >= 15 is 4.39 Å². The fourth-order valence-corrected chi connectivity index (χ4v) is 3.94. The number of phenolic OH excluding ortho intramolecular Hbond substituents is 1. The van der Waals surface area contributed by atoms with Crippen LogP contribution in [-0.4, -0.2) is 37.6 Å². The lowest BCUT2D eigenvalue weighted by Crippen LogP contribution is -2.30. The Morgan fingerprint density at radius 3 is 2.67 bits per heavy atom. The number of hydrogen-bond donors (Lipinski definition) is 2. The molecular formula is C17H16FN3O5S. The molecule has 0 bridgehead atoms. The Morgan fingerprint density at radius 2 is 2.07 bits per heavy atom. The number of nitrogens with one attached hydrogen (secondary N) is 1. The van der Waals surface area contributed by atoms with Gasteiger partial charge in [-0.15, -0.1) is 0 Å². The third-order valence-electron chi connectivity index (χ3n) is 4.38. The number of anilines is 1. The van der Waals surface area contributed by atoms with Gasteiger partial charge in [0.05, 0.1) is 6.61 Å². The van der Waals surface area contributed by atoms with Crippen LogP contribution >= 0.6 is 0 Å². The summed E-state index contributed by atoms with van der Waals surface area (Å²) >= 11 is 0. The number of halogens is 1. The summed E-state index contributed by atoms with van der Waals surface area (Å²) in [6, 6.07) is 5.68. The number of hydrogen-bond acceptors (Lipinski definition) is 6. The van der Waals surface area contributed by atoms with Crippen LogP contribution in [0, 0.1) is 11.7 Å². The first-order valence-corrected chi connectivity index (χ1v) is 9.73. The fourth-order valence-electron chi connectivity index (χ4n) is 2.77. The molecular weight excluding hydrogens is 377 g/mol. The number of carbonyl (C=O) groups is 1. The molecule has 0 radical (unpaired) electrons. The van der Waals surface area contributed by atoms with Crippen LogP contribution in [-0.2, 0) is 15.0 Å². The lowest BCUT2D eigenvalue weighted by molar-refractivity contribution is -0.117. The second-order valence-corrected chi connectivity index (χ2v) is 8.07. The van der Waals surface area contributed by atoms with Gasteiger partial charge in [-0.1, -0.05) is 0 Å². The minimum absolute atomic E-state index is 0.0404. The molecule has 1 saturated heterocycles. The maximum atomic E-state index is 15.0. The highest BCUT2D eigenvalue weighted by Crippen LogP contribution is 2.38. The first kappa shape index (κ1) is 17.5. The summed E-state index contributed by atoms with van der Waals surface area (Å²) in [6.45, 7) is -0.0135. The molecule has 142 valence electrons. The van der Waals surface area contributed by atoms with Crippen LogP contribution in [0.1, 0.15) is 12.8 Å². The Hall–Kier alpha value is -2.88. The lowest BCUT2D eigenvalue weighted by atomic mass is 10.1. The summed E-state index contributed by atoms with van der Waals surface area (Å²) < 4.78 is 46.8. The first-order chi connectivity index (χ1) is 12.8. The fraction of sp³-hybridized carbons (Fsp3) is 0.294. The van der Waals surface area contributed by atoms with E-state index in [9.17, 15) is 18.3 Å². The zero-order valence-corrected chi connectivity index (χ0v) is 14.9. The predicted octanol–water partition coefficient (Wildman–Crippen LogP) is 1.56. The molecule has 2 aliphatic rings. The van der Waals surface area contributed by atoms with Crippen molar-refractivity contribution in [3.05, 3.63) is 36.3 Å². The van der Waals surface area contributed by atoms with Gasteiger partial charge in [0.25, 0.3) is 5.91 Å². The number of carbonyl (C=O) groups excluding carboxylic acids is 1. The van der Waals surface area contributed by atoms with Crippen molar-refractivity contribution in [3.8, 4) is 22.8 Å². The number of rotatable bonds is 5. The molecule has 1 saturated carbocycles. The first-order valence-electron chi connectivity index (χ1n) is 8.29. The van der Waals surface area contributed by atoms with Crippen molar-refractivity contribution in [2.45, 2.75) is 12.8 Å². The summed E-state index contributed by atoms with van der Waals surface area (Å²) in [5, 5.41) is 9.99. The summed E-state index contributed by atoms with van der Waals surface area (Å²) in [5.41, 5.74) is -0.165. The van der Waals surface area contributed by atoms with Gasteiger partial charge in [0.1, 0.15) is 18.0 Å². The van der Waals surface area contributed by atoms with Crippen molar-refractivity contribution < 1.29 is 27.4 Å². The van der Waals surface area contributed by atoms with E-state index in [2.05, 4.69) is 4.98 Å². The van der Waals surface area contributed by atoms with Crippen LogP contribution < -0.4 is 13.8 Å². The van der Waals surface area contributed by atoms with Gasteiger partial charge in [-0.2, -0.15) is 8.42 Å². The monoisotopic (exact) mass is 393 g/mol. The molecule has 1 aromatic carbocycles. The normalized spacial score (nSPS) is 18.4. The van der Waals surface area contributed by atoms with Crippen molar-refractivity contribution in [2.24, 2.45) is 5.92 Å². The Labute approximate surface area is 154 Å². The number of nitrogens with zero attached hydrogens (tertiary/aromatic N) is 2. The molecule has 1 aliphatic heterocycles. The molecule has 2 aromatic rings. The van der Waals surface area contributed by atoms with Crippen molar-refractivity contribution >= 4 is 21.8 Å². The molecule has 10 heteroatoms. The second kappa shape index (κ2) is 6.38. The highest BCUT2D eigenvalue weighted by molar-refractivity contribution is 7.92. The Morgan fingerprint density at radius 1 is 1.30 bits per heavy atom. The van der Waals surface area contributed by atoms with Crippen LogP contribution in [0.25, 0.3) is 11.1 Å². The van der Waals surface area contributed by atoms with Gasteiger partial charge in [-0.3, -0.25) is 4.79 Å². The van der Waals surface area contributed by atoms with E-state index in [0.29, 0.717) is 28.3 Å². The van der Waals surface area contributed by atoms with Gasteiger partial charge >= 0.3 is 10.2 Å². The molecule has 0 spiro atoms. The maximum absolute atomic E-state index is 15.0. The Balaban J connectivity index is 1.67. The number of benzene rings is 1. The molecule has 27 heavy (non-hydrogen) atoms. The average molecular weight is 393 g/mol. The molecule has 2 fully saturated rings. The molecule has 0 atom stereocenters. The molecule has 2 heterocycles. The van der Waals surface area contributed by atoms with Gasteiger partial charge in [-0.25, -0.2) is 18.4 Å². The second-order valence-electron chi connectivity index (χ2n) is 6.47. The average Bonchev–Trinajstić information content (AvgIpc) is 3.39. The number of aromatic nitrogens is 1. The summed E-state index contributed by atoms with van der Waals surface area (Å²) in [6.07, 6.45) is 3.70. The third-order valence-corrected chi connectivity index (χ3v) is 5.75. The Kier molecular flexibility index (Phi) is 4.14. The number of phenols is 1. The van der Waals surface area contributed by atoms with Crippen LogP contribution in [0.3, 0.4) is 0 Å². The molecule has 4 rings (SSSR count). The minimum Gasteiger partial charge on any atom is -0.506 e. The molecule has 1 aromatic heterocycles. The molecule has 1 amide bonds. The topological polar surface area (TPSA) is 109 Å². The number of amides is 1. The number of ether oxygens (including phenoxy) is 1. The van der Waals surface area contributed by atoms with Crippen molar-refractivity contribution in [1.29, 1.82) is 0 Å². The van der Waals surface area contributed by atoms with E-state index in [-0.39, 0.29) is 5.56 Å². The van der Waals surface area contributed by atoms with Gasteiger partial charge in [0.15, 0.2) is 5.82 Å². The molecule has 8 nitrogen and oxygen atoms in total. The van der Waals surface area contributed by atoms with Crippen molar-refractivity contribution in [1.82, 2.24) is 9.71 Å². The molecule has 1 aliphatic carbocycles. The predicted molar refractivity (Wildman–Crippen MR) is 93.9 cm³/mol. The van der Waals surface area contributed by atoms with Gasteiger partial charge < -0.3 is 9.84 Å². The third kappa shape index (κ3) is 3.39. The van der Waals surface area contributed by atoms with Gasteiger partial charge in [0.2, 0.25) is 5.88 Å². The van der Waals surface area contributed by atoms with Crippen LogP contribution in [0.4, 0.5) is 10.1 Å². The van der Waals surface area contributed by atoms with Crippen LogP contribution in [0.15, 0.2) is 30.5 Å². The van der Waals surface area contributed by atoms with E-state index in [4.69, 9.17) is 4.74 Å². The van der Waals surface area contributed by atoms with E-state index in [0.717, 1.165) is 12.8 Å². The van der Waals surface area contributed by atoms with E-state index < -0.39 is 39.9 Å². The van der Waals surface area contributed by atoms with Crippen molar-refractivity contribution in [3.63, 3.8) is 0 Å². The van der Waals surface area contributed by atoms with E-state index in [1.54, 1.807) is 16.9 Å². The van der Waals surface area contributed by atoms with Gasteiger partial charge in [0, 0.05) is 23.4 Å². The zero-order chi connectivity index (χ0) is 19.2. The zero-order valence-electron chi connectivity index (χ0n) is 14.1. The van der Waals surface area contributed by atoms with E-state index in [1.807, 2.05) is 0 Å². The number of aromatic hydroxyl groups is 1. The number of pyridine rings is 1. The Bertz CT molecular complexity index is 1010. The van der Waals surface area contributed by atoms with Crippen LogP contribution in [0.2, 0.25) is 0 Å². The smallest absolute Gasteiger partial charge is 0.326 e. The lowest BCUT2D eigenvalue weighted by Gasteiger charge is -2.18. The standard InChI is InChI=1S/C17H16FN3O5S/c18-16-12(11-3-6-15(19-7-11)26-9-10-1-2-10)4-5-13(22)17(16)21-8-14(23)20-27(21,24)25/h3-7,10,22H,1-2,8-9H2,(H,20,23). The summed E-state index contributed by atoms with van der Waals surface area (Å²) in [4.78, 5) is 15.5. The largest absolute Gasteiger partial charge is 0.506 e. The van der Waals surface area contributed by atoms with E-state index in [1.165, 1.54) is 18.3 Å². The summed E-state index contributed by atoms with van der Waals surface area (Å²) in [5.74, 6) is -1.38. The molecule has 2 N–H and O–H groups in total. The minimum atomic E-state index is -4.25. The summed E-state index contributed by atoms with van der Waals surface area (Å²) in [7, 11) is -4.25. The van der Waals surface area contributed by atoms with Crippen molar-refractivity contribution in [2.75, 3.05) is 17.5 Å². The quantitative estimate of drug-likeness (QED) is 0.798. The molecule has 0 unspecified atom stereocenters.